The van der Waals surface area contributed by atoms with Crippen molar-refractivity contribution in [3.05, 3.63) is 53.1 Å². The van der Waals surface area contributed by atoms with Gasteiger partial charge in [-0.25, -0.2) is 0 Å². The highest BCUT2D eigenvalue weighted by Crippen LogP contribution is 2.29. The average Bonchev–Trinajstić information content (AvgIpc) is 2.61. The standard InChI is InChI=1S/C18H19ClN2O4/c1-12(18(22)21-15-8-5-7-14(19)10-15)25-20-11-13-6-4-9-16(23-2)17(13)24-3/h4-12H,1-3H3,(H,21,22)/b20-11-/t12-/m0/s1. The molecule has 0 bridgehead atoms. The number of oxime groups is 1. The quantitative estimate of drug-likeness (QED) is 0.601. The number of anilines is 1. The summed E-state index contributed by atoms with van der Waals surface area (Å²) < 4.78 is 10.5. The molecular weight excluding hydrogens is 344 g/mol. The van der Waals surface area contributed by atoms with Gasteiger partial charge in [0.15, 0.2) is 11.5 Å². The van der Waals surface area contributed by atoms with Crippen LogP contribution in [0.15, 0.2) is 47.6 Å². The molecule has 0 aliphatic carbocycles. The Labute approximate surface area is 151 Å². The van der Waals surface area contributed by atoms with Gasteiger partial charge in [0.2, 0.25) is 6.10 Å². The highest BCUT2D eigenvalue weighted by molar-refractivity contribution is 6.30. The summed E-state index contributed by atoms with van der Waals surface area (Å²) in [4.78, 5) is 17.3. The second-order valence-corrected chi connectivity index (χ2v) is 5.50. The van der Waals surface area contributed by atoms with Crippen LogP contribution >= 0.6 is 11.6 Å². The van der Waals surface area contributed by atoms with Crippen LogP contribution in [-0.2, 0) is 9.63 Å². The van der Waals surface area contributed by atoms with Crippen molar-refractivity contribution >= 4 is 29.4 Å². The largest absolute Gasteiger partial charge is 0.493 e. The predicted octanol–water partition coefficient (Wildman–Crippen LogP) is 3.73. The molecule has 1 N–H and O–H groups in total. The maximum atomic E-state index is 12.1. The first-order valence-electron chi connectivity index (χ1n) is 7.51. The van der Waals surface area contributed by atoms with Gasteiger partial charge < -0.3 is 19.6 Å². The number of rotatable bonds is 7. The number of ether oxygens (including phenoxy) is 2. The van der Waals surface area contributed by atoms with E-state index in [4.69, 9.17) is 25.9 Å². The van der Waals surface area contributed by atoms with E-state index in [9.17, 15) is 4.79 Å². The van der Waals surface area contributed by atoms with Gasteiger partial charge in [0.25, 0.3) is 5.91 Å². The molecule has 0 heterocycles. The second kappa shape index (κ2) is 8.94. The van der Waals surface area contributed by atoms with Crippen molar-refractivity contribution in [3.8, 4) is 11.5 Å². The third kappa shape index (κ3) is 5.12. The molecule has 2 aromatic rings. The van der Waals surface area contributed by atoms with E-state index in [1.54, 1.807) is 56.5 Å². The molecule has 0 aliphatic heterocycles. The van der Waals surface area contributed by atoms with E-state index in [1.807, 2.05) is 0 Å². The molecule has 1 atom stereocenters. The van der Waals surface area contributed by atoms with Gasteiger partial charge in [-0.15, -0.1) is 0 Å². The number of methoxy groups -OCH3 is 2. The van der Waals surface area contributed by atoms with Crippen molar-refractivity contribution in [2.24, 2.45) is 5.16 Å². The van der Waals surface area contributed by atoms with Gasteiger partial charge in [-0.3, -0.25) is 4.79 Å². The van der Waals surface area contributed by atoms with Crippen LogP contribution < -0.4 is 14.8 Å². The molecule has 0 saturated carbocycles. The Hall–Kier alpha value is -2.73. The molecule has 6 nitrogen and oxygen atoms in total. The first-order chi connectivity index (χ1) is 12.0. The fourth-order valence-electron chi connectivity index (χ4n) is 2.05. The van der Waals surface area contributed by atoms with E-state index in [0.717, 1.165) is 0 Å². The average molecular weight is 363 g/mol. The van der Waals surface area contributed by atoms with Gasteiger partial charge in [-0.05, 0) is 37.3 Å². The zero-order chi connectivity index (χ0) is 18.2. The van der Waals surface area contributed by atoms with Gasteiger partial charge in [-0.2, -0.15) is 0 Å². The number of carbonyl (C=O) groups excluding carboxylic acids is 1. The number of nitrogens with zero attached hydrogens (tertiary/aromatic N) is 1. The lowest BCUT2D eigenvalue weighted by Crippen LogP contribution is -2.26. The monoisotopic (exact) mass is 362 g/mol. The van der Waals surface area contributed by atoms with Crippen LogP contribution in [0.1, 0.15) is 12.5 Å². The maximum absolute atomic E-state index is 12.1. The van der Waals surface area contributed by atoms with Gasteiger partial charge in [0.1, 0.15) is 0 Å². The molecule has 0 unspecified atom stereocenters. The SMILES string of the molecule is COc1cccc(/C=N\O[C@@H](C)C(=O)Nc2cccc(Cl)c2)c1OC. The number of nitrogens with one attached hydrogen (secondary N) is 1. The summed E-state index contributed by atoms with van der Waals surface area (Å²) in [5, 5.41) is 7.10. The summed E-state index contributed by atoms with van der Waals surface area (Å²) in [5.74, 6) is 0.781. The summed E-state index contributed by atoms with van der Waals surface area (Å²) in [6, 6.07) is 12.2. The van der Waals surface area contributed by atoms with E-state index in [0.29, 0.717) is 27.8 Å². The topological polar surface area (TPSA) is 69.2 Å². The second-order valence-electron chi connectivity index (χ2n) is 5.06. The molecule has 25 heavy (non-hydrogen) atoms. The number of hydrogen-bond donors (Lipinski definition) is 1. The van der Waals surface area contributed by atoms with Crippen molar-refractivity contribution < 1.29 is 19.1 Å². The minimum atomic E-state index is -0.785. The van der Waals surface area contributed by atoms with Crippen molar-refractivity contribution in [2.45, 2.75) is 13.0 Å². The molecule has 132 valence electrons. The smallest absolute Gasteiger partial charge is 0.267 e. The van der Waals surface area contributed by atoms with E-state index >= 15 is 0 Å². The number of halogens is 1. The Morgan fingerprint density at radius 2 is 1.96 bits per heavy atom. The number of benzene rings is 2. The van der Waals surface area contributed by atoms with Crippen LogP contribution in [-0.4, -0.2) is 32.4 Å². The number of hydrogen-bond acceptors (Lipinski definition) is 5. The molecular formula is C18H19ClN2O4. The molecule has 7 heteroatoms. The van der Waals surface area contributed by atoms with Gasteiger partial charge in [0, 0.05) is 16.3 Å². The van der Waals surface area contributed by atoms with Crippen LogP contribution in [0.3, 0.4) is 0 Å². The highest BCUT2D eigenvalue weighted by atomic mass is 35.5. The van der Waals surface area contributed by atoms with Crippen LogP contribution in [0.5, 0.6) is 11.5 Å². The number of para-hydroxylation sites is 1. The molecule has 0 aromatic heterocycles. The first-order valence-corrected chi connectivity index (χ1v) is 7.89. The van der Waals surface area contributed by atoms with Gasteiger partial charge in [-0.1, -0.05) is 28.9 Å². The molecule has 0 aliphatic rings. The van der Waals surface area contributed by atoms with Crippen molar-refractivity contribution in [1.82, 2.24) is 0 Å². The lowest BCUT2D eigenvalue weighted by molar-refractivity contribution is -0.126. The fourth-order valence-corrected chi connectivity index (χ4v) is 2.24. The zero-order valence-electron chi connectivity index (χ0n) is 14.2. The fraction of sp³-hybridized carbons (Fsp3) is 0.222. The number of amides is 1. The normalized spacial score (nSPS) is 11.8. The van der Waals surface area contributed by atoms with Crippen LogP contribution in [0.4, 0.5) is 5.69 Å². The third-order valence-electron chi connectivity index (χ3n) is 3.31. The Morgan fingerprint density at radius 3 is 2.64 bits per heavy atom. The Morgan fingerprint density at radius 1 is 1.20 bits per heavy atom. The summed E-state index contributed by atoms with van der Waals surface area (Å²) in [6.45, 7) is 1.60. The van der Waals surface area contributed by atoms with Crippen molar-refractivity contribution in [2.75, 3.05) is 19.5 Å². The molecule has 0 fully saturated rings. The van der Waals surface area contributed by atoms with Crippen molar-refractivity contribution in [1.29, 1.82) is 0 Å². The first kappa shape index (κ1) is 18.6. The predicted molar refractivity (Wildman–Crippen MR) is 97.8 cm³/mol. The Balaban J connectivity index is 1.98. The van der Waals surface area contributed by atoms with E-state index in [1.165, 1.54) is 13.3 Å². The number of carbonyl (C=O) groups is 1. The molecule has 0 radical (unpaired) electrons. The minimum Gasteiger partial charge on any atom is -0.493 e. The third-order valence-corrected chi connectivity index (χ3v) is 3.54. The minimum absolute atomic E-state index is 0.336. The van der Waals surface area contributed by atoms with Crippen LogP contribution in [0, 0.1) is 0 Å². The van der Waals surface area contributed by atoms with Gasteiger partial charge >= 0.3 is 0 Å². The zero-order valence-corrected chi connectivity index (χ0v) is 14.9. The highest BCUT2D eigenvalue weighted by Gasteiger charge is 2.14. The van der Waals surface area contributed by atoms with Crippen molar-refractivity contribution in [3.63, 3.8) is 0 Å². The Kier molecular flexibility index (Phi) is 6.65. The van der Waals surface area contributed by atoms with Crippen LogP contribution in [0.25, 0.3) is 0 Å². The van der Waals surface area contributed by atoms with E-state index < -0.39 is 6.10 Å². The van der Waals surface area contributed by atoms with E-state index in [-0.39, 0.29) is 5.91 Å². The lowest BCUT2D eigenvalue weighted by Gasteiger charge is -2.11. The summed E-state index contributed by atoms with van der Waals surface area (Å²) in [7, 11) is 3.09. The maximum Gasteiger partial charge on any atom is 0.267 e. The Bertz CT molecular complexity index is 764. The molecule has 1 amide bonds. The van der Waals surface area contributed by atoms with Gasteiger partial charge in [0.05, 0.1) is 20.4 Å². The molecule has 2 aromatic carbocycles. The summed E-state index contributed by atoms with van der Waals surface area (Å²) in [5.41, 5.74) is 1.26. The molecule has 0 spiro atoms. The summed E-state index contributed by atoms with van der Waals surface area (Å²) >= 11 is 5.88. The van der Waals surface area contributed by atoms with E-state index in [2.05, 4.69) is 10.5 Å². The summed E-state index contributed by atoms with van der Waals surface area (Å²) in [6.07, 6.45) is 0.677. The van der Waals surface area contributed by atoms with Crippen LogP contribution in [0.2, 0.25) is 5.02 Å². The lowest BCUT2D eigenvalue weighted by atomic mass is 10.2. The molecule has 2 rings (SSSR count). The molecule has 0 saturated heterocycles.